The molecule has 2 fully saturated rings. The fourth-order valence-corrected chi connectivity index (χ4v) is 5.60. The van der Waals surface area contributed by atoms with E-state index in [-0.39, 0.29) is 5.56 Å². The lowest BCUT2D eigenvalue weighted by Crippen LogP contribution is -2.61. The third-order valence-corrected chi connectivity index (χ3v) is 7.83. The number of carbonyl (C=O) groups excluding carboxylic acids is 2. The fraction of sp³-hybridized carbons (Fsp3) is 0.630. The number of hydrogen-bond acceptors (Lipinski definition) is 13. The van der Waals surface area contributed by atoms with Crippen LogP contribution >= 0.6 is 0 Å². The molecule has 8 N–H and O–H groups in total. The number of carbonyl (C=O) groups is 2. The molecule has 224 valence electrons. The van der Waals surface area contributed by atoms with Crippen molar-refractivity contribution in [2.75, 3.05) is 6.61 Å². The lowest BCUT2D eigenvalue weighted by molar-refractivity contribution is -0.325. The molecule has 1 aromatic rings. The van der Waals surface area contributed by atoms with E-state index in [1.807, 2.05) is 0 Å². The molecule has 8 atom stereocenters. The Labute approximate surface area is 230 Å². The van der Waals surface area contributed by atoms with E-state index in [0.717, 1.165) is 12.1 Å². The van der Waals surface area contributed by atoms with E-state index in [1.165, 1.54) is 19.9 Å². The Morgan fingerprint density at radius 3 is 2.02 bits per heavy atom. The van der Waals surface area contributed by atoms with Crippen LogP contribution in [-0.2, 0) is 19.0 Å². The van der Waals surface area contributed by atoms with Crippen molar-refractivity contribution in [2.45, 2.75) is 90.1 Å². The molecule has 1 heterocycles. The SMILES string of the molecule is CC(C)=CC(=O)[C@]1(O)[C@H](O)C(C)(C)[C@@H](OC2OC(COC(=O)c3cc(O)c(O)c(O)c3)C(O)C(O)C2O)C1(C)C. The molecule has 1 aliphatic carbocycles. The number of aromatic hydroxyl groups is 3. The van der Waals surface area contributed by atoms with Crippen LogP contribution in [0, 0.1) is 10.8 Å². The van der Waals surface area contributed by atoms with Crippen molar-refractivity contribution < 1.29 is 64.7 Å². The highest BCUT2D eigenvalue weighted by atomic mass is 16.7. The minimum Gasteiger partial charge on any atom is -0.504 e. The summed E-state index contributed by atoms with van der Waals surface area (Å²) in [6, 6.07) is 1.68. The number of phenolic OH excluding ortho intramolecular Hbond substituents is 3. The van der Waals surface area contributed by atoms with E-state index >= 15 is 0 Å². The van der Waals surface area contributed by atoms with E-state index in [9.17, 15) is 50.4 Å². The van der Waals surface area contributed by atoms with Gasteiger partial charge in [-0.3, -0.25) is 4.79 Å². The molecule has 0 aromatic heterocycles. The highest BCUT2D eigenvalue weighted by Crippen LogP contribution is 2.57. The Morgan fingerprint density at radius 2 is 1.50 bits per heavy atom. The molecule has 1 aliphatic heterocycles. The third kappa shape index (κ3) is 5.18. The van der Waals surface area contributed by atoms with Crippen molar-refractivity contribution in [1.29, 1.82) is 0 Å². The van der Waals surface area contributed by atoms with Gasteiger partial charge in [-0.15, -0.1) is 0 Å². The van der Waals surface area contributed by atoms with Crippen molar-refractivity contribution in [3.8, 4) is 17.2 Å². The largest absolute Gasteiger partial charge is 0.504 e. The van der Waals surface area contributed by atoms with Gasteiger partial charge in [0, 0.05) is 10.8 Å². The number of esters is 1. The number of aliphatic hydroxyl groups excluding tert-OH is 4. The smallest absolute Gasteiger partial charge is 0.338 e. The van der Waals surface area contributed by atoms with Crippen molar-refractivity contribution >= 4 is 11.8 Å². The van der Waals surface area contributed by atoms with E-state index in [0.29, 0.717) is 5.57 Å². The number of benzene rings is 1. The van der Waals surface area contributed by atoms with Crippen LogP contribution in [0.15, 0.2) is 23.8 Å². The minimum atomic E-state index is -2.29. The number of ether oxygens (including phenoxy) is 3. The first-order chi connectivity index (χ1) is 18.3. The second-order valence-electron chi connectivity index (χ2n) is 11.8. The number of ketones is 1. The molecule has 40 heavy (non-hydrogen) atoms. The van der Waals surface area contributed by atoms with Crippen LogP contribution in [0.2, 0.25) is 0 Å². The number of aliphatic hydroxyl groups is 5. The van der Waals surface area contributed by atoms with Gasteiger partial charge in [0.2, 0.25) is 0 Å². The van der Waals surface area contributed by atoms with Crippen LogP contribution in [-0.4, -0.2) is 108 Å². The average molecular weight is 571 g/mol. The zero-order valence-corrected chi connectivity index (χ0v) is 23.1. The summed E-state index contributed by atoms with van der Waals surface area (Å²) in [5.41, 5.74) is -4.75. The fourth-order valence-electron chi connectivity index (χ4n) is 5.60. The molecule has 13 heteroatoms. The lowest BCUT2D eigenvalue weighted by Gasteiger charge is -2.45. The summed E-state index contributed by atoms with van der Waals surface area (Å²) in [4.78, 5) is 25.5. The van der Waals surface area contributed by atoms with Crippen molar-refractivity contribution in [2.24, 2.45) is 10.8 Å². The Balaban J connectivity index is 1.83. The lowest BCUT2D eigenvalue weighted by atomic mass is 9.72. The molecular formula is C27H38O13. The van der Waals surface area contributed by atoms with Gasteiger partial charge in [-0.05, 0) is 32.1 Å². The molecule has 2 aliphatic rings. The summed E-state index contributed by atoms with van der Waals surface area (Å²) in [5.74, 6) is -4.21. The quantitative estimate of drug-likeness (QED) is 0.121. The standard InChI is InChI=1S/C27H38O13/c1-11(2)7-16(30)27(37)23(36)25(3,4)24(26(27,5)6)40-22-20(34)19(33)18(32)15(39-22)10-38-21(35)12-8-13(28)17(31)14(29)9-12/h7-9,15,18-20,22-24,28-29,31-34,36-37H,10H2,1-6H3/t15?,18?,19?,20?,22?,23-,24-,27+/m1/s1. The van der Waals surface area contributed by atoms with Crippen molar-refractivity contribution in [1.82, 2.24) is 0 Å². The Hall–Kier alpha value is -2.78. The average Bonchev–Trinajstić information content (AvgIpc) is 2.96. The van der Waals surface area contributed by atoms with E-state index in [1.54, 1.807) is 27.7 Å². The number of rotatable bonds is 7. The van der Waals surface area contributed by atoms with E-state index < -0.39 is 95.0 Å². The first-order valence-corrected chi connectivity index (χ1v) is 12.6. The predicted octanol–water partition coefficient (Wildman–Crippen LogP) is -0.154. The van der Waals surface area contributed by atoms with Gasteiger partial charge in [-0.2, -0.15) is 0 Å². The summed E-state index contributed by atoms with van der Waals surface area (Å²) in [6.45, 7) is 8.78. The summed E-state index contributed by atoms with van der Waals surface area (Å²) < 4.78 is 16.8. The maximum absolute atomic E-state index is 13.1. The van der Waals surface area contributed by atoms with Crippen LogP contribution in [0.3, 0.4) is 0 Å². The molecule has 0 bridgehead atoms. The number of allylic oxidation sites excluding steroid dienone is 1. The predicted molar refractivity (Wildman–Crippen MR) is 136 cm³/mol. The molecule has 1 saturated carbocycles. The highest BCUT2D eigenvalue weighted by Gasteiger charge is 2.71. The molecule has 13 nitrogen and oxygen atoms in total. The summed E-state index contributed by atoms with van der Waals surface area (Å²) >= 11 is 0. The zero-order valence-electron chi connectivity index (χ0n) is 23.1. The summed E-state index contributed by atoms with van der Waals surface area (Å²) in [5, 5.41) is 83.0. The van der Waals surface area contributed by atoms with Crippen LogP contribution in [0.5, 0.6) is 17.2 Å². The van der Waals surface area contributed by atoms with Gasteiger partial charge >= 0.3 is 5.97 Å². The van der Waals surface area contributed by atoms with Crippen LogP contribution in [0.1, 0.15) is 51.9 Å². The number of phenols is 3. The second-order valence-corrected chi connectivity index (χ2v) is 11.8. The molecule has 0 spiro atoms. The Kier molecular flexibility index (Phi) is 8.65. The molecule has 0 amide bonds. The Morgan fingerprint density at radius 1 is 0.950 bits per heavy atom. The monoisotopic (exact) mass is 570 g/mol. The normalized spacial score (nSPS) is 34.7. The summed E-state index contributed by atoms with van der Waals surface area (Å²) in [6.07, 6.45) is -9.98. The van der Waals surface area contributed by atoms with Gasteiger partial charge in [-0.25, -0.2) is 4.79 Å². The van der Waals surface area contributed by atoms with E-state index in [4.69, 9.17) is 14.2 Å². The van der Waals surface area contributed by atoms with Crippen LogP contribution in [0.4, 0.5) is 0 Å². The second kappa shape index (κ2) is 10.9. The van der Waals surface area contributed by atoms with Crippen LogP contribution < -0.4 is 0 Å². The molecule has 1 saturated heterocycles. The van der Waals surface area contributed by atoms with Gasteiger partial charge in [-0.1, -0.05) is 33.3 Å². The van der Waals surface area contributed by atoms with Gasteiger partial charge in [0.25, 0.3) is 0 Å². The van der Waals surface area contributed by atoms with E-state index in [2.05, 4.69) is 0 Å². The minimum absolute atomic E-state index is 0.338. The molecule has 5 unspecified atom stereocenters. The highest BCUT2D eigenvalue weighted by molar-refractivity contribution is 5.99. The first-order valence-electron chi connectivity index (χ1n) is 12.6. The first kappa shape index (κ1) is 31.7. The Bertz CT molecular complexity index is 1150. The molecule has 3 rings (SSSR count). The van der Waals surface area contributed by atoms with Crippen molar-refractivity contribution in [3.63, 3.8) is 0 Å². The molecule has 0 radical (unpaired) electrons. The maximum atomic E-state index is 13.1. The van der Waals surface area contributed by atoms with Gasteiger partial charge in [0.1, 0.15) is 31.0 Å². The maximum Gasteiger partial charge on any atom is 0.338 e. The third-order valence-electron chi connectivity index (χ3n) is 7.83. The molecule has 1 aromatic carbocycles. The number of hydrogen-bond donors (Lipinski definition) is 8. The van der Waals surface area contributed by atoms with Gasteiger partial charge < -0.3 is 55.1 Å². The topological polar surface area (TPSA) is 224 Å². The van der Waals surface area contributed by atoms with Crippen LogP contribution in [0.25, 0.3) is 0 Å². The van der Waals surface area contributed by atoms with Gasteiger partial charge in [0.15, 0.2) is 34.9 Å². The summed E-state index contributed by atoms with van der Waals surface area (Å²) in [7, 11) is 0. The zero-order chi connectivity index (χ0) is 30.5. The van der Waals surface area contributed by atoms with Crippen molar-refractivity contribution in [3.05, 3.63) is 29.3 Å². The van der Waals surface area contributed by atoms with Gasteiger partial charge in [0.05, 0.1) is 17.8 Å². The molecular weight excluding hydrogens is 532 g/mol.